The summed E-state index contributed by atoms with van der Waals surface area (Å²) in [7, 11) is 1.64. The Labute approximate surface area is 166 Å². The summed E-state index contributed by atoms with van der Waals surface area (Å²) < 4.78 is 12.2. The highest BCUT2D eigenvalue weighted by molar-refractivity contribution is 5.91. The van der Waals surface area contributed by atoms with Gasteiger partial charge in [-0.25, -0.2) is 4.79 Å². The number of nitrogens with zero attached hydrogens (tertiary/aromatic N) is 2. The van der Waals surface area contributed by atoms with Crippen LogP contribution in [0.3, 0.4) is 0 Å². The third-order valence-electron chi connectivity index (χ3n) is 5.18. The summed E-state index contributed by atoms with van der Waals surface area (Å²) in [6.45, 7) is 6.69. The van der Waals surface area contributed by atoms with Gasteiger partial charge in [-0.3, -0.25) is 4.79 Å². The van der Waals surface area contributed by atoms with Crippen LogP contribution >= 0.6 is 0 Å². The van der Waals surface area contributed by atoms with Crippen molar-refractivity contribution in [2.45, 2.75) is 52.7 Å². The SMILES string of the molecule is CCOC(=O)c1cc(C)n(CC(=O)N(Cc2ccc(OC)cc2)C2CC2)c1C. The van der Waals surface area contributed by atoms with E-state index in [0.717, 1.165) is 35.5 Å². The second kappa shape index (κ2) is 8.50. The van der Waals surface area contributed by atoms with Gasteiger partial charge in [0.15, 0.2) is 0 Å². The van der Waals surface area contributed by atoms with Crippen molar-refractivity contribution in [2.24, 2.45) is 0 Å². The zero-order valence-electron chi connectivity index (χ0n) is 17.0. The molecule has 28 heavy (non-hydrogen) atoms. The molecule has 0 saturated heterocycles. The van der Waals surface area contributed by atoms with Gasteiger partial charge in [-0.15, -0.1) is 0 Å². The van der Waals surface area contributed by atoms with Crippen LogP contribution in [0.5, 0.6) is 5.75 Å². The predicted octanol–water partition coefficient (Wildman–Crippen LogP) is 3.48. The van der Waals surface area contributed by atoms with Gasteiger partial charge in [0.25, 0.3) is 0 Å². The quantitative estimate of drug-likeness (QED) is 0.654. The molecule has 2 aromatic rings. The fourth-order valence-corrected chi connectivity index (χ4v) is 3.42. The average Bonchev–Trinajstić information content (AvgIpc) is 3.49. The summed E-state index contributed by atoms with van der Waals surface area (Å²) in [5.41, 5.74) is 3.26. The van der Waals surface area contributed by atoms with E-state index in [9.17, 15) is 9.59 Å². The maximum atomic E-state index is 13.1. The van der Waals surface area contributed by atoms with Gasteiger partial charge >= 0.3 is 5.97 Å². The van der Waals surface area contributed by atoms with Gasteiger partial charge < -0.3 is 18.9 Å². The smallest absolute Gasteiger partial charge is 0.339 e. The predicted molar refractivity (Wildman–Crippen MR) is 106 cm³/mol. The van der Waals surface area contributed by atoms with Crippen LogP contribution in [-0.2, 0) is 22.6 Å². The number of hydrogen-bond donors (Lipinski definition) is 0. The first-order valence-corrected chi connectivity index (χ1v) is 9.70. The van der Waals surface area contributed by atoms with E-state index in [2.05, 4.69) is 0 Å². The van der Waals surface area contributed by atoms with Crippen molar-refractivity contribution in [1.29, 1.82) is 0 Å². The van der Waals surface area contributed by atoms with Crippen LogP contribution in [0.4, 0.5) is 0 Å². The summed E-state index contributed by atoms with van der Waals surface area (Å²) in [5.74, 6) is 0.528. The summed E-state index contributed by atoms with van der Waals surface area (Å²) in [6.07, 6.45) is 2.08. The van der Waals surface area contributed by atoms with Gasteiger partial charge in [0.05, 0.1) is 19.3 Å². The largest absolute Gasteiger partial charge is 0.497 e. The molecule has 1 aliphatic rings. The molecule has 1 aliphatic carbocycles. The summed E-state index contributed by atoms with van der Waals surface area (Å²) >= 11 is 0. The van der Waals surface area contributed by atoms with Crippen molar-refractivity contribution in [1.82, 2.24) is 9.47 Å². The Morgan fingerprint density at radius 1 is 1.18 bits per heavy atom. The molecular formula is C22H28N2O4. The lowest BCUT2D eigenvalue weighted by Crippen LogP contribution is -2.35. The van der Waals surface area contributed by atoms with Crippen molar-refractivity contribution in [3.63, 3.8) is 0 Å². The number of amides is 1. The van der Waals surface area contributed by atoms with Gasteiger partial charge in [0.1, 0.15) is 12.3 Å². The first-order valence-electron chi connectivity index (χ1n) is 9.70. The first kappa shape index (κ1) is 20.0. The van der Waals surface area contributed by atoms with Gasteiger partial charge in [-0.05, 0) is 57.4 Å². The van der Waals surface area contributed by atoms with Crippen LogP contribution in [0.25, 0.3) is 0 Å². The monoisotopic (exact) mass is 384 g/mol. The van der Waals surface area contributed by atoms with Gasteiger partial charge in [-0.2, -0.15) is 0 Å². The Bertz CT molecular complexity index is 850. The van der Waals surface area contributed by atoms with Crippen LogP contribution in [0.15, 0.2) is 30.3 Å². The minimum absolute atomic E-state index is 0.0653. The highest BCUT2D eigenvalue weighted by Crippen LogP contribution is 2.29. The van der Waals surface area contributed by atoms with Crippen molar-refractivity contribution in [3.05, 3.63) is 52.8 Å². The van der Waals surface area contributed by atoms with E-state index in [1.165, 1.54) is 0 Å². The molecule has 1 fully saturated rings. The summed E-state index contributed by atoms with van der Waals surface area (Å²) in [4.78, 5) is 27.2. The standard InChI is InChI=1S/C22H28N2O4/c1-5-28-22(26)20-12-15(2)23(16(20)3)14-21(25)24(18-8-9-18)13-17-6-10-19(27-4)11-7-17/h6-7,10-12,18H,5,8-9,13-14H2,1-4H3. The van der Waals surface area contributed by atoms with E-state index in [-0.39, 0.29) is 18.4 Å². The topological polar surface area (TPSA) is 60.8 Å². The molecule has 6 heteroatoms. The molecular weight excluding hydrogens is 356 g/mol. The van der Waals surface area contributed by atoms with Crippen LogP contribution in [0.1, 0.15) is 47.1 Å². The van der Waals surface area contributed by atoms with Crippen molar-refractivity contribution >= 4 is 11.9 Å². The Morgan fingerprint density at radius 3 is 2.43 bits per heavy atom. The fourth-order valence-electron chi connectivity index (χ4n) is 3.42. The molecule has 0 radical (unpaired) electrons. The zero-order valence-corrected chi connectivity index (χ0v) is 17.0. The summed E-state index contributed by atoms with van der Waals surface area (Å²) in [5, 5.41) is 0. The number of ether oxygens (including phenoxy) is 2. The number of carbonyl (C=O) groups is 2. The number of benzene rings is 1. The van der Waals surface area contributed by atoms with Crippen molar-refractivity contribution < 1.29 is 19.1 Å². The molecule has 0 atom stereocenters. The summed E-state index contributed by atoms with van der Waals surface area (Å²) in [6, 6.07) is 9.91. The molecule has 1 amide bonds. The number of carbonyl (C=O) groups excluding carboxylic acids is 2. The van der Waals surface area contributed by atoms with Crippen LogP contribution < -0.4 is 4.74 Å². The second-order valence-electron chi connectivity index (χ2n) is 7.19. The molecule has 3 rings (SSSR count). The Balaban J connectivity index is 1.75. The molecule has 1 heterocycles. The van der Waals surface area contributed by atoms with Gasteiger partial charge in [0, 0.05) is 24.0 Å². The Hall–Kier alpha value is -2.76. The lowest BCUT2D eigenvalue weighted by Gasteiger charge is -2.24. The third kappa shape index (κ3) is 4.38. The number of aryl methyl sites for hydroxylation is 1. The first-order chi connectivity index (χ1) is 13.4. The minimum atomic E-state index is -0.341. The molecule has 0 aliphatic heterocycles. The molecule has 150 valence electrons. The molecule has 0 N–H and O–H groups in total. The number of esters is 1. The molecule has 1 saturated carbocycles. The minimum Gasteiger partial charge on any atom is -0.497 e. The maximum Gasteiger partial charge on any atom is 0.339 e. The third-order valence-corrected chi connectivity index (χ3v) is 5.18. The normalized spacial score (nSPS) is 13.3. The molecule has 1 aromatic carbocycles. The van der Waals surface area contributed by atoms with Gasteiger partial charge in [0.2, 0.25) is 5.91 Å². The molecule has 1 aromatic heterocycles. The lowest BCUT2D eigenvalue weighted by molar-refractivity contribution is -0.133. The maximum absolute atomic E-state index is 13.1. The zero-order chi connectivity index (χ0) is 20.3. The number of rotatable bonds is 8. The van der Waals surface area contributed by atoms with E-state index >= 15 is 0 Å². The number of aromatic nitrogens is 1. The highest BCUT2D eigenvalue weighted by atomic mass is 16.5. The molecule has 0 spiro atoms. The molecule has 0 unspecified atom stereocenters. The van der Waals surface area contributed by atoms with Crippen LogP contribution in [0.2, 0.25) is 0 Å². The molecule has 0 bridgehead atoms. The molecule has 6 nitrogen and oxygen atoms in total. The van der Waals surface area contributed by atoms with E-state index < -0.39 is 0 Å². The van der Waals surface area contributed by atoms with E-state index in [0.29, 0.717) is 24.8 Å². The van der Waals surface area contributed by atoms with Crippen LogP contribution in [-0.4, -0.2) is 41.1 Å². The number of hydrogen-bond acceptors (Lipinski definition) is 4. The Kier molecular flexibility index (Phi) is 6.07. The Morgan fingerprint density at radius 2 is 1.86 bits per heavy atom. The van der Waals surface area contributed by atoms with Crippen molar-refractivity contribution in [3.8, 4) is 5.75 Å². The van der Waals surface area contributed by atoms with E-state index in [1.54, 1.807) is 20.1 Å². The lowest BCUT2D eigenvalue weighted by atomic mass is 10.2. The number of methoxy groups -OCH3 is 1. The van der Waals surface area contributed by atoms with Crippen molar-refractivity contribution in [2.75, 3.05) is 13.7 Å². The second-order valence-corrected chi connectivity index (χ2v) is 7.19. The average molecular weight is 384 g/mol. The van der Waals surface area contributed by atoms with E-state index in [1.807, 2.05) is 47.6 Å². The van der Waals surface area contributed by atoms with Gasteiger partial charge in [-0.1, -0.05) is 12.1 Å². The highest BCUT2D eigenvalue weighted by Gasteiger charge is 2.33. The fraction of sp³-hybridized carbons (Fsp3) is 0.455. The van der Waals surface area contributed by atoms with Crippen LogP contribution in [0, 0.1) is 13.8 Å². The van der Waals surface area contributed by atoms with E-state index in [4.69, 9.17) is 9.47 Å².